The van der Waals surface area contributed by atoms with Crippen LogP contribution in [0.3, 0.4) is 0 Å². The molecule has 1 rings (SSSR count). The van der Waals surface area contributed by atoms with E-state index in [4.69, 9.17) is 5.73 Å². The predicted molar refractivity (Wildman–Crippen MR) is 89.4 cm³/mol. The Hall–Kier alpha value is -0.880. The first kappa shape index (κ1) is 20.2. The summed E-state index contributed by atoms with van der Waals surface area (Å²) in [6.45, 7) is 10.7. The summed E-state index contributed by atoms with van der Waals surface area (Å²) in [6, 6.07) is -0.109. The van der Waals surface area contributed by atoms with Gasteiger partial charge in [0.15, 0.2) is 0 Å². The van der Waals surface area contributed by atoms with E-state index < -0.39 is 12.1 Å². The zero-order valence-electron chi connectivity index (χ0n) is 14.4. The number of nitrogens with one attached hydrogen (secondary N) is 1. The molecule has 1 saturated carbocycles. The van der Waals surface area contributed by atoms with Crippen LogP contribution in [-0.4, -0.2) is 31.0 Å². The van der Waals surface area contributed by atoms with Gasteiger partial charge < -0.3 is 11.1 Å². The Labute approximate surface area is 137 Å². The van der Waals surface area contributed by atoms with Crippen molar-refractivity contribution >= 4 is 6.21 Å². The van der Waals surface area contributed by atoms with Crippen LogP contribution in [0.5, 0.6) is 0 Å². The van der Waals surface area contributed by atoms with E-state index >= 15 is 0 Å². The molecular weight excluding hydrogens is 303 g/mol. The maximum absolute atomic E-state index is 12.7. The molecule has 0 heterocycles. The van der Waals surface area contributed by atoms with E-state index in [1.165, 1.54) is 0 Å². The molecule has 0 bridgehead atoms. The van der Waals surface area contributed by atoms with E-state index in [-0.39, 0.29) is 24.9 Å². The van der Waals surface area contributed by atoms with Crippen LogP contribution in [0.2, 0.25) is 0 Å². The highest BCUT2D eigenvalue weighted by Crippen LogP contribution is 2.39. The topological polar surface area (TPSA) is 50.4 Å². The molecule has 3 nitrogen and oxygen atoms in total. The first-order valence-electron chi connectivity index (χ1n) is 8.40. The van der Waals surface area contributed by atoms with Gasteiger partial charge in [-0.05, 0) is 51.0 Å². The van der Waals surface area contributed by atoms with Crippen LogP contribution in [0.25, 0.3) is 0 Å². The molecule has 0 aromatic rings. The molecule has 0 spiro atoms. The van der Waals surface area contributed by atoms with Crippen molar-refractivity contribution in [2.75, 3.05) is 6.54 Å². The quantitative estimate of drug-likeness (QED) is 0.694. The number of alkyl halides is 3. The molecule has 0 aliphatic heterocycles. The minimum atomic E-state index is -4.04. The maximum Gasteiger partial charge on any atom is 0.391 e. The van der Waals surface area contributed by atoms with Crippen molar-refractivity contribution < 1.29 is 13.2 Å². The minimum absolute atomic E-state index is 0.0188. The number of aliphatic imine (C=N–C) groups is 1. The Bertz CT molecular complexity index is 394. The van der Waals surface area contributed by atoms with Gasteiger partial charge in [0, 0.05) is 12.3 Å². The number of nitrogens with zero attached hydrogens (tertiary/aromatic N) is 1. The van der Waals surface area contributed by atoms with Gasteiger partial charge in [-0.1, -0.05) is 20.4 Å². The lowest BCUT2D eigenvalue weighted by atomic mass is 9.81. The fourth-order valence-electron chi connectivity index (χ4n) is 3.02. The third kappa shape index (κ3) is 7.04. The lowest BCUT2D eigenvalue weighted by Crippen LogP contribution is -2.39. The van der Waals surface area contributed by atoms with E-state index in [0.717, 1.165) is 5.70 Å². The van der Waals surface area contributed by atoms with E-state index in [2.05, 4.69) is 30.7 Å². The van der Waals surface area contributed by atoms with Gasteiger partial charge in [-0.15, -0.1) is 0 Å². The van der Waals surface area contributed by atoms with Crippen LogP contribution in [0.4, 0.5) is 13.2 Å². The Morgan fingerprint density at radius 1 is 1.26 bits per heavy atom. The third-order valence-electron chi connectivity index (χ3n) is 4.44. The first-order valence-corrected chi connectivity index (χ1v) is 8.40. The monoisotopic (exact) mass is 333 g/mol. The van der Waals surface area contributed by atoms with Crippen molar-refractivity contribution in [2.45, 2.75) is 64.7 Å². The van der Waals surface area contributed by atoms with Gasteiger partial charge in [0.25, 0.3) is 0 Å². The SMILES string of the molecule is C=C(/N=C\C(C)N)[C@@H](NC[C@H]1CC[C@H](C(F)(F)F)CC1)C(C)C. The highest BCUT2D eigenvalue weighted by Gasteiger charge is 2.41. The fraction of sp³-hybridized carbons (Fsp3) is 0.824. The van der Waals surface area contributed by atoms with E-state index in [9.17, 15) is 13.2 Å². The summed E-state index contributed by atoms with van der Waals surface area (Å²) >= 11 is 0. The molecule has 0 amide bonds. The highest BCUT2D eigenvalue weighted by molar-refractivity contribution is 5.64. The summed E-state index contributed by atoms with van der Waals surface area (Å²) < 4.78 is 38.1. The largest absolute Gasteiger partial charge is 0.391 e. The third-order valence-corrected chi connectivity index (χ3v) is 4.44. The summed E-state index contributed by atoms with van der Waals surface area (Å²) in [5, 5.41) is 3.43. The van der Waals surface area contributed by atoms with Gasteiger partial charge in [0.1, 0.15) is 0 Å². The molecule has 0 aromatic heterocycles. The highest BCUT2D eigenvalue weighted by atomic mass is 19.4. The first-order chi connectivity index (χ1) is 10.6. The molecule has 2 atom stereocenters. The molecule has 23 heavy (non-hydrogen) atoms. The molecule has 134 valence electrons. The molecule has 3 N–H and O–H groups in total. The van der Waals surface area contributed by atoms with Crippen LogP contribution in [-0.2, 0) is 0 Å². The lowest BCUT2D eigenvalue weighted by molar-refractivity contribution is -0.183. The van der Waals surface area contributed by atoms with Crippen molar-refractivity contribution in [3.05, 3.63) is 12.3 Å². The van der Waals surface area contributed by atoms with Crippen LogP contribution < -0.4 is 11.1 Å². The van der Waals surface area contributed by atoms with E-state index in [1.54, 1.807) is 6.21 Å². The van der Waals surface area contributed by atoms with Crippen LogP contribution in [0, 0.1) is 17.8 Å². The molecule has 1 fully saturated rings. The molecular formula is C17H30F3N3. The maximum atomic E-state index is 12.7. The summed E-state index contributed by atoms with van der Waals surface area (Å²) in [6.07, 6.45) is -0.651. The van der Waals surface area contributed by atoms with Crippen LogP contribution in [0.1, 0.15) is 46.5 Å². The van der Waals surface area contributed by atoms with Crippen molar-refractivity contribution in [2.24, 2.45) is 28.5 Å². The van der Waals surface area contributed by atoms with Crippen LogP contribution in [0.15, 0.2) is 17.3 Å². The Morgan fingerprint density at radius 2 is 1.83 bits per heavy atom. The van der Waals surface area contributed by atoms with E-state index in [1.807, 2.05) is 6.92 Å². The van der Waals surface area contributed by atoms with Gasteiger partial charge >= 0.3 is 6.18 Å². The van der Waals surface area contributed by atoms with Crippen molar-refractivity contribution in [1.29, 1.82) is 0 Å². The summed E-state index contributed by atoms with van der Waals surface area (Å²) in [5.74, 6) is -0.524. The average Bonchev–Trinajstić information content (AvgIpc) is 2.44. The van der Waals surface area contributed by atoms with Crippen LogP contribution >= 0.6 is 0 Å². The smallest absolute Gasteiger partial charge is 0.323 e. The van der Waals surface area contributed by atoms with Gasteiger partial charge in [-0.2, -0.15) is 13.2 Å². The molecule has 0 aromatic carbocycles. The fourth-order valence-corrected chi connectivity index (χ4v) is 3.02. The van der Waals surface area contributed by atoms with Gasteiger partial charge in [-0.3, -0.25) is 4.99 Å². The average molecular weight is 333 g/mol. The predicted octanol–water partition coefficient (Wildman–Crippen LogP) is 3.90. The summed E-state index contributed by atoms with van der Waals surface area (Å²) in [5.41, 5.74) is 6.38. The summed E-state index contributed by atoms with van der Waals surface area (Å²) in [7, 11) is 0. The number of nitrogens with two attached hydrogens (primary N) is 1. The summed E-state index contributed by atoms with van der Waals surface area (Å²) in [4.78, 5) is 4.30. The number of halogens is 3. The molecule has 6 heteroatoms. The Morgan fingerprint density at radius 3 is 2.26 bits per heavy atom. The molecule has 1 aliphatic carbocycles. The van der Waals surface area contributed by atoms with Gasteiger partial charge in [-0.25, -0.2) is 0 Å². The van der Waals surface area contributed by atoms with Gasteiger partial charge in [0.2, 0.25) is 0 Å². The van der Waals surface area contributed by atoms with Crippen molar-refractivity contribution in [1.82, 2.24) is 5.32 Å². The Balaban J connectivity index is 2.47. The number of rotatable bonds is 7. The van der Waals surface area contributed by atoms with E-state index in [0.29, 0.717) is 31.2 Å². The molecule has 0 saturated heterocycles. The van der Waals surface area contributed by atoms with Crippen molar-refractivity contribution in [3.63, 3.8) is 0 Å². The molecule has 0 radical (unpaired) electrons. The Kier molecular flexibility index (Phi) is 7.74. The lowest BCUT2D eigenvalue weighted by Gasteiger charge is -2.31. The zero-order valence-corrected chi connectivity index (χ0v) is 14.4. The molecule has 1 aliphatic rings. The van der Waals surface area contributed by atoms with Crippen molar-refractivity contribution in [3.8, 4) is 0 Å². The number of hydrogen-bond donors (Lipinski definition) is 2. The minimum Gasteiger partial charge on any atom is -0.323 e. The second-order valence-electron chi connectivity index (χ2n) is 7.02. The molecule has 1 unspecified atom stereocenters. The number of hydrogen-bond acceptors (Lipinski definition) is 3. The second-order valence-corrected chi connectivity index (χ2v) is 7.02. The normalized spacial score (nSPS) is 25.7. The standard InChI is InChI=1S/C17H30F3N3/c1-11(2)16(13(4)22-9-12(3)21)23-10-14-5-7-15(8-6-14)17(18,19)20/h9,11-12,14-16,23H,4-8,10,21H2,1-3H3/b22-9-/t12?,14-,15-,16-/m0/s1. The van der Waals surface area contributed by atoms with Gasteiger partial charge in [0.05, 0.1) is 17.7 Å². The second kappa shape index (κ2) is 8.83. The zero-order chi connectivity index (χ0) is 17.6.